The minimum absolute atomic E-state index is 0.188. The van der Waals surface area contributed by atoms with E-state index in [4.69, 9.17) is 10.00 Å². The van der Waals surface area contributed by atoms with Gasteiger partial charge in [-0.25, -0.2) is 0 Å². The fourth-order valence-electron chi connectivity index (χ4n) is 3.06. The molecule has 0 unspecified atom stereocenters. The third-order valence-electron chi connectivity index (χ3n) is 4.39. The third-order valence-corrected chi connectivity index (χ3v) is 4.39. The monoisotopic (exact) mass is 367 g/mol. The van der Waals surface area contributed by atoms with Crippen molar-refractivity contribution in [3.8, 4) is 17.6 Å². The van der Waals surface area contributed by atoms with Gasteiger partial charge in [-0.05, 0) is 68.7 Å². The van der Waals surface area contributed by atoms with Gasteiger partial charge in [-0.1, -0.05) is 6.08 Å². The number of carbonyl (C=O) groups excluding carboxylic acids is 1. The van der Waals surface area contributed by atoms with Crippen LogP contribution in [-0.4, -0.2) is 12.3 Å². The van der Waals surface area contributed by atoms with Gasteiger partial charge < -0.3 is 9.47 Å². The van der Waals surface area contributed by atoms with Crippen molar-refractivity contribution < 1.29 is 27.4 Å². The Morgan fingerprint density at radius 3 is 2.35 bits per heavy atom. The van der Waals surface area contributed by atoms with Crippen molar-refractivity contribution in [3.63, 3.8) is 0 Å². The Bertz CT molecular complexity index is 654. The molecule has 1 fully saturated rings. The van der Waals surface area contributed by atoms with Gasteiger partial charge in [0.15, 0.2) is 0 Å². The number of benzene rings is 1. The second kappa shape index (κ2) is 9.27. The van der Waals surface area contributed by atoms with E-state index in [-0.39, 0.29) is 23.4 Å². The summed E-state index contributed by atoms with van der Waals surface area (Å²) in [4.78, 5) is 12.2. The SMILES string of the molecule is N#C/C=C/CCC1CCC(C(=O)Oc2ccc(OC(F)(F)F)cc2)CC1. The minimum Gasteiger partial charge on any atom is -0.426 e. The molecule has 0 spiro atoms. The second-order valence-electron chi connectivity index (χ2n) is 6.27. The molecule has 0 N–H and O–H groups in total. The third kappa shape index (κ3) is 6.79. The average Bonchev–Trinajstić information content (AvgIpc) is 2.60. The van der Waals surface area contributed by atoms with Crippen LogP contribution in [0.4, 0.5) is 13.2 Å². The van der Waals surface area contributed by atoms with Gasteiger partial charge in [0.05, 0.1) is 12.0 Å². The number of nitriles is 1. The van der Waals surface area contributed by atoms with Crippen LogP contribution in [0.3, 0.4) is 0 Å². The van der Waals surface area contributed by atoms with Crippen LogP contribution in [0, 0.1) is 23.2 Å². The van der Waals surface area contributed by atoms with Crippen LogP contribution in [-0.2, 0) is 4.79 Å². The fourth-order valence-corrected chi connectivity index (χ4v) is 3.06. The lowest BCUT2D eigenvalue weighted by Crippen LogP contribution is -2.25. The molecule has 0 aliphatic heterocycles. The van der Waals surface area contributed by atoms with Crippen LogP contribution in [0.1, 0.15) is 38.5 Å². The number of halogens is 3. The Labute approximate surface area is 150 Å². The molecule has 1 saturated carbocycles. The van der Waals surface area contributed by atoms with E-state index >= 15 is 0 Å². The first-order chi connectivity index (χ1) is 12.4. The Morgan fingerprint density at radius 2 is 1.77 bits per heavy atom. The lowest BCUT2D eigenvalue weighted by atomic mass is 9.80. The standard InChI is InChI=1S/C19H20F3NO3/c20-19(21,22)26-17-11-9-16(10-12-17)25-18(24)15-7-5-14(6-8-15)4-2-1-3-13-23/h1,3,9-12,14-15H,2,4-8H2/b3-1+. The zero-order valence-electron chi connectivity index (χ0n) is 14.2. The van der Waals surface area contributed by atoms with Gasteiger partial charge in [0.25, 0.3) is 0 Å². The highest BCUT2D eigenvalue weighted by atomic mass is 19.4. The van der Waals surface area contributed by atoms with Gasteiger partial charge in [0.1, 0.15) is 11.5 Å². The summed E-state index contributed by atoms with van der Waals surface area (Å²) >= 11 is 0. The Morgan fingerprint density at radius 1 is 1.15 bits per heavy atom. The van der Waals surface area contributed by atoms with Gasteiger partial charge in [-0.15, -0.1) is 13.2 Å². The highest BCUT2D eigenvalue weighted by Gasteiger charge is 2.31. The van der Waals surface area contributed by atoms with Gasteiger partial charge in [-0.3, -0.25) is 4.79 Å². The quantitative estimate of drug-likeness (QED) is 0.396. The molecule has 140 valence electrons. The molecule has 7 heteroatoms. The summed E-state index contributed by atoms with van der Waals surface area (Å²) in [7, 11) is 0. The number of hydrogen-bond acceptors (Lipinski definition) is 4. The van der Waals surface area contributed by atoms with E-state index in [2.05, 4.69) is 4.74 Å². The molecule has 1 aliphatic carbocycles. The summed E-state index contributed by atoms with van der Waals surface area (Å²) in [6.07, 6.45) is 3.78. The molecule has 2 rings (SSSR count). The molecule has 0 radical (unpaired) electrons. The van der Waals surface area contributed by atoms with Crippen LogP contribution in [0.2, 0.25) is 0 Å². The van der Waals surface area contributed by atoms with Gasteiger partial charge in [0, 0.05) is 6.08 Å². The molecule has 0 atom stereocenters. The van der Waals surface area contributed by atoms with Crippen LogP contribution in [0.25, 0.3) is 0 Å². The van der Waals surface area contributed by atoms with Crippen molar-refractivity contribution in [2.24, 2.45) is 11.8 Å². The Balaban J connectivity index is 1.77. The normalized spacial score (nSPS) is 20.5. The molecule has 26 heavy (non-hydrogen) atoms. The van der Waals surface area contributed by atoms with Crippen molar-refractivity contribution in [3.05, 3.63) is 36.4 Å². The average molecular weight is 367 g/mol. The maximum Gasteiger partial charge on any atom is 0.573 e. The molecule has 1 aromatic rings. The van der Waals surface area contributed by atoms with Crippen LogP contribution >= 0.6 is 0 Å². The maximum atomic E-state index is 12.2. The van der Waals surface area contributed by atoms with E-state index in [0.29, 0.717) is 5.92 Å². The van der Waals surface area contributed by atoms with Crippen molar-refractivity contribution in [2.45, 2.75) is 44.9 Å². The van der Waals surface area contributed by atoms with E-state index in [0.717, 1.165) is 50.7 Å². The Hall–Kier alpha value is -2.49. The smallest absolute Gasteiger partial charge is 0.426 e. The van der Waals surface area contributed by atoms with Crippen LogP contribution in [0.5, 0.6) is 11.5 Å². The molecular weight excluding hydrogens is 347 g/mol. The summed E-state index contributed by atoms with van der Waals surface area (Å²) < 4.78 is 45.4. The lowest BCUT2D eigenvalue weighted by Gasteiger charge is -2.26. The van der Waals surface area contributed by atoms with Gasteiger partial charge >= 0.3 is 12.3 Å². The summed E-state index contributed by atoms with van der Waals surface area (Å²) in [6, 6.07) is 6.75. The number of rotatable bonds is 6. The first-order valence-electron chi connectivity index (χ1n) is 8.49. The van der Waals surface area contributed by atoms with Crippen LogP contribution in [0.15, 0.2) is 36.4 Å². The number of alkyl halides is 3. The second-order valence-corrected chi connectivity index (χ2v) is 6.27. The summed E-state index contributed by atoms with van der Waals surface area (Å²) in [5, 5.41) is 8.44. The summed E-state index contributed by atoms with van der Waals surface area (Å²) in [6.45, 7) is 0. The van der Waals surface area contributed by atoms with Gasteiger partial charge in [0.2, 0.25) is 0 Å². The lowest BCUT2D eigenvalue weighted by molar-refractivity contribution is -0.274. The number of esters is 1. The molecule has 0 bridgehead atoms. The van der Waals surface area contributed by atoms with E-state index in [1.807, 2.05) is 12.1 Å². The molecule has 0 heterocycles. The first kappa shape index (κ1) is 19.8. The molecule has 0 amide bonds. The molecule has 1 aliphatic rings. The Kier molecular flexibility index (Phi) is 7.07. The topological polar surface area (TPSA) is 59.3 Å². The van der Waals surface area contributed by atoms with Crippen molar-refractivity contribution >= 4 is 5.97 Å². The highest BCUT2D eigenvalue weighted by molar-refractivity contribution is 5.75. The minimum atomic E-state index is -4.75. The predicted molar refractivity (Wildman–Crippen MR) is 88.2 cm³/mol. The first-order valence-corrected chi connectivity index (χ1v) is 8.49. The van der Waals surface area contributed by atoms with Gasteiger partial charge in [-0.2, -0.15) is 5.26 Å². The van der Waals surface area contributed by atoms with E-state index in [1.54, 1.807) is 0 Å². The van der Waals surface area contributed by atoms with Crippen molar-refractivity contribution in [1.29, 1.82) is 5.26 Å². The molecule has 1 aromatic carbocycles. The summed E-state index contributed by atoms with van der Waals surface area (Å²) in [5.74, 6) is -0.151. The number of nitrogens with zero attached hydrogens (tertiary/aromatic N) is 1. The largest absolute Gasteiger partial charge is 0.573 e. The highest BCUT2D eigenvalue weighted by Crippen LogP contribution is 2.33. The fraction of sp³-hybridized carbons (Fsp3) is 0.474. The molecule has 0 saturated heterocycles. The number of hydrogen-bond donors (Lipinski definition) is 0. The van der Waals surface area contributed by atoms with E-state index < -0.39 is 6.36 Å². The number of allylic oxidation sites excluding steroid dienone is 2. The summed E-state index contributed by atoms with van der Waals surface area (Å²) in [5.41, 5.74) is 0. The number of ether oxygens (including phenoxy) is 2. The van der Waals surface area contributed by atoms with E-state index in [9.17, 15) is 18.0 Å². The number of carbonyl (C=O) groups is 1. The van der Waals surface area contributed by atoms with Crippen molar-refractivity contribution in [2.75, 3.05) is 0 Å². The predicted octanol–water partition coefficient (Wildman–Crippen LogP) is 5.16. The molecular formula is C19H20F3NO3. The maximum absolute atomic E-state index is 12.2. The van der Waals surface area contributed by atoms with Crippen LogP contribution < -0.4 is 9.47 Å². The van der Waals surface area contributed by atoms with Crippen molar-refractivity contribution in [1.82, 2.24) is 0 Å². The zero-order chi connectivity index (χ0) is 19.0. The molecule has 0 aromatic heterocycles. The van der Waals surface area contributed by atoms with E-state index in [1.165, 1.54) is 18.2 Å². The molecule has 4 nitrogen and oxygen atoms in total. The zero-order valence-corrected chi connectivity index (χ0v) is 14.2.